The molecule has 0 aromatic heterocycles. The second kappa shape index (κ2) is 3.72. The molecule has 0 radical (unpaired) electrons. The Kier molecular flexibility index (Phi) is 2.71. The van der Waals surface area contributed by atoms with E-state index in [2.05, 4.69) is 12.2 Å². The van der Waals surface area contributed by atoms with Crippen LogP contribution >= 0.6 is 0 Å². The van der Waals surface area contributed by atoms with Crippen LogP contribution in [-0.2, 0) is 9.59 Å². The van der Waals surface area contributed by atoms with E-state index < -0.39 is 0 Å². The highest BCUT2D eigenvalue weighted by Crippen LogP contribution is 2.39. The van der Waals surface area contributed by atoms with Crippen molar-refractivity contribution in [2.75, 3.05) is 0 Å². The quantitative estimate of drug-likeness (QED) is 0.745. The predicted molar refractivity (Wildman–Crippen MR) is 65.3 cm³/mol. The van der Waals surface area contributed by atoms with Crippen molar-refractivity contribution >= 4 is 11.8 Å². The first-order valence-electron chi connectivity index (χ1n) is 6.36. The van der Waals surface area contributed by atoms with Gasteiger partial charge < -0.3 is 10.2 Å². The van der Waals surface area contributed by atoms with E-state index in [0.29, 0.717) is 5.92 Å². The van der Waals surface area contributed by atoms with Crippen molar-refractivity contribution < 1.29 is 9.59 Å². The Morgan fingerprint density at radius 1 is 1.24 bits per heavy atom. The Morgan fingerprint density at radius 2 is 1.76 bits per heavy atom. The zero-order chi connectivity index (χ0) is 13.0. The standard InChI is InChI=1S/C13H22N2O2/c1-7-6-9(7)15-8(2)11(16)14-10(12(15)17)13(3,4)5/h7-10H,6H2,1-5H3,(H,14,16). The fraction of sp³-hybridized carbons (Fsp3) is 0.846. The highest BCUT2D eigenvalue weighted by molar-refractivity contribution is 5.97. The normalized spacial score (nSPS) is 38.1. The molecule has 2 aliphatic rings. The van der Waals surface area contributed by atoms with Gasteiger partial charge in [0.15, 0.2) is 0 Å². The molecule has 1 saturated carbocycles. The van der Waals surface area contributed by atoms with E-state index in [1.165, 1.54) is 0 Å². The van der Waals surface area contributed by atoms with E-state index in [0.717, 1.165) is 6.42 Å². The first kappa shape index (κ1) is 12.4. The van der Waals surface area contributed by atoms with E-state index in [9.17, 15) is 9.59 Å². The summed E-state index contributed by atoms with van der Waals surface area (Å²) in [5, 5.41) is 2.85. The molecular weight excluding hydrogens is 216 g/mol. The third kappa shape index (κ3) is 2.05. The third-order valence-electron chi connectivity index (χ3n) is 3.88. The lowest BCUT2D eigenvalue weighted by Gasteiger charge is -2.42. The Bertz CT molecular complexity index is 359. The average Bonchev–Trinajstić information content (AvgIpc) is 2.87. The van der Waals surface area contributed by atoms with Crippen LogP contribution in [0.15, 0.2) is 0 Å². The van der Waals surface area contributed by atoms with E-state index in [1.54, 1.807) is 4.90 Å². The zero-order valence-electron chi connectivity index (χ0n) is 11.3. The van der Waals surface area contributed by atoms with Crippen molar-refractivity contribution in [3.63, 3.8) is 0 Å². The number of amides is 2. The number of carbonyl (C=O) groups is 2. The molecular formula is C13H22N2O2. The van der Waals surface area contributed by atoms with Gasteiger partial charge in [-0.3, -0.25) is 9.59 Å². The number of nitrogens with one attached hydrogen (secondary N) is 1. The van der Waals surface area contributed by atoms with Crippen LogP contribution in [0.1, 0.15) is 41.0 Å². The molecule has 2 fully saturated rings. The molecule has 0 spiro atoms. The molecule has 1 aliphatic carbocycles. The van der Waals surface area contributed by atoms with Crippen LogP contribution in [-0.4, -0.2) is 34.8 Å². The summed E-state index contributed by atoms with van der Waals surface area (Å²) in [5.74, 6) is 0.593. The molecule has 1 aliphatic heterocycles. The monoisotopic (exact) mass is 238 g/mol. The second-order valence-electron chi connectivity index (χ2n) is 6.51. The lowest BCUT2D eigenvalue weighted by molar-refractivity contribution is -0.152. The molecule has 4 nitrogen and oxygen atoms in total. The summed E-state index contributed by atoms with van der Waals surface area (Å²) in [6.07, 6.45) is 1.03. The number of hydrogen-bond donors (Lipinski definition) is 1. The van der Waals surface area contributed by atoms with E-state index in [-0.39, 0.29) is 35.4 Å². The minimum Gasteiger partial charge on any atom is -0.342 e. The van der Waals surface area contributed by atoms with E-state index >= 15 is 0 Å². The van der Waals surface area contributed by atoms with Gasteiger partial charge in [0, 0.05) is 6.04 Å². The summed E-state index contributed by atoms with van der Waals surface area (Å²) in [6, 6.07) is -0.441. The van der Waals surface area contributed by atoms with Crippen molar-refractivity contribution in [2.24, 2.45) is 11.3 Å². The van der Waals surface area contributed by atoms with Crippen LogP contribution in [0.5, 0.6) is 0 Å². The van der Waals surface area contributed by atoms with Gasteiger partial charge in [-0.05, 0) is 24.7 Å². The minimum absolute atomic E-state index is 0.0244. The Hall–Kier alpha value is -1.06. The average molecular weight is 238 g/mol. The van der Waals surface area contributed by atoms with Crippen LogP contribution in [0.4, 0.5) is 0 Å². The van der Waals surface area contributed by atoms with Crippen molar-refractivity contribution in [3.05, 3.63) is 0 Å². The molecule has 4 heteroatoms. The summed E-state index contributed by atoms with van der Waals surface area (Å²) >= 11 is 0. The number of hydrogen-bond acceptors (Lipinski definition) is 2. The maximum atomic E-state index is 12.5. The van der Waals surface area contributed by atoms with Gasteiger partial charge in [0.2, 0.25) is 11.8 Å². The van der Waals surface area contributed by atoms with Gasteiger partial charge in [0.05, 0.1) is 0 Å². The largest absolute Gasteiger partial charge is 0.342 e. The van der Waals surface area contributed by atoms with Gasteiger partial charge in [-0.2, -0.15) is 0 Å². The van der Waals surface area contributed by atoms with Crippen LogP contribution in [0.25, 0.3) is 0 Å². The smallest absolute Gasteiger partial charge is 0.246 e. The fourth-order valence-electron chi connectivity index (χ4n) is 2.52. The molecule has 0 aromatic carbocycles. The van der Waals surface area contributed by atoms with Gasteiger partial charge in [-0.1, -0.05) is 27.7 Å². The Labute approximate surface area is 103 Å². The molecule has 1 heterocycles. The number of piperazine rings is 1. The summed E-state index contributed by atoms with van der Waals surface area (Å²) in [7, 11) is 0. The summed E-state index contributed by atoms with van der Waals surface area (Å²) < 4.78 is 0. The highest BCUT2D eigenvalue weighted by Gasteiger charge is 2.51. The van der Waals surface area contributed by atoms with Crippen LogP contribution in [0.3, 0.4) is 0 Å². The first-order valence-corrected chi connectivity index (χ1v) is 6.36. The van der Waals surface area contributed by atoms with Gasteiger partial charge in [-0.15, -0.1) is 0 Å². The molecule has 0 bridgehead atoms. The van der Waals surface area contributed by atoms with Crippen molar-refractivity contribution in [2.45, 2.75) is 59.2 Å². The molecule has 0 aromatic rings. The molecule has 1 saturated heterocycles. The molecule has 17 heavy (non-hydrogen) atoms. The summed E-state index contributed by atoms with van der Waals surface area (Å²) in [6.45, 7) is 9.90. The highest BCUT2D eigenvalue weighted by atomic mass is 16.2. The lowest BCUT2D eigenvalue weighted by atomic mass is 9.84. The number of nitrogens with zero attached hydrogens (tertiary/aromatic N) is 1. The molecule has 2 amide bonds. The minimum atomic E-state index is -0.390. The second-order valence-corrected chi connectivity index (χ2v) is 6.51. The van der Waals surface area contributed by atoms with Crippen LogP contribution in [0, 0.1) is 11.3 Å². The molecule has 96 valence electrons. The van der Waals surface area contributed by atoms with Crippen molar-refractivity contribution in [1.82, 2.24) is 10.2 Å². The van der Waals surface area contributed by atoms with E-state index in [4.69, 9.17) is 0 Å². The maximum absolute atomic E-state index is 12.5. The third-order valence-corrected chi connectivity index (χ3v) is 3.88. The number of rotatable bonds is 1. The Balaban J connectivity index is 2.25. The van der Waals surface area contributed by atoms with Gasteiger partial charge in [0.1, 0.15) is 12.1 Å². The molecule has 4 atom stereocenters. The zero-order valence-corrected chi connectivity index (χ0v) is 11.3. The lowest BCUT2D eigenvalue weighted by Crippen LogP contribution is -2.66. The maximum Gasteiger partial charge on any atom is 0.246 e. The number of carbonyl (C=O) groups excluding carboxylic acids is 2. The van der Waals surface area contributed by atoms with Gasteiger partial charge >= 0.3 is 0 Å². The van der Waals surface area contributed by atoms with E-state index in [1.807, 2.05) is 27.7 Å². The Morgan fingerprint density at radius 3 is 2.18 bits per heavy atom. The van der Waals surface area contributed by atoms with Crippen molar-refractivity contribution in [3.8, 4) is 0 Å². The van der Waals surface area contributed by atoms with Gasteiger partial charge in [-0.25, -0.2) is 0 Å². The summed E-state index contributed by atoms with van der Waals surface area (Å²) in [4.78, 5) is 26.2. The van der Waals surface area contributed by atoms with Crippen LogP contribution < -0.4 is 5.32 Å². The predicted octanol–water partition coefficient (Wildman–Crippen LogP) is 1.16. The van der Waals surface area contributed by atoms with Gasteiger partial charge in [0.25, 0.3) is 0 Å². The van der Waals surface area contributed by atoms with Crippen LogP contribution in [0.2, 0.25) is 0 Å². The molecule has 2 rings (SSSR count). The van der Waals surface area contributed by atoms with Crippen molar-refractivity contribution in [1.29, 1.82) is 0 Å². The topological polar surface area (TPSA) is 49.4 Å². The molecule has 1 N–H and O–H groups in total. The molecule has 4 unspecified atom stereocenters. The summed E-state index contributed by atoms with van der Waals surface area (Å²) in [5.41, 5.74) is -0.233. The fourth-order valence-corrected chi connectivity index (χ4v) is 2.52. The first-order chi connectivity index (χ1) is 7.73. The SMILES string of the molecule is CC1CC1N1C(=O)C(C(C)(C)C)NC(=O)C1C.